The van der Waals surface area contributed by atoms with Crippen LogP contribution in [0.4, 0.5) is 0 Å². The van der Waals surface area contributed by atoms with Gasteiger partial charge in [-0.3, -0.25) is 9.69 Å². The summed E-state index contributed by atoms with van der Waals surface area (Å²) in [5.41, 5.74) is 0. The van der Waals surface area contributed by atoms with E-state index in [0.717, 1.165) is 51.6 Å². The Hall–Kier alpha value is -0.610. The zero-order valence-corrected chi connectivity index (χ0v) is 13.5. The smallest absolute Gasteiger partial charge is 0.222 e. The second kappa shape index (κ2) is 7.10. The lowest BCUT2D eigenvalue weighted by atomic mass is 9.85. The van der Waals surface area contributed by atoms with Crippen molar-refractivity contribution < 1.29 is 4.79 Å². The van der Waals surface area contributed by atoms with Gasteiger partial charge in [-0.2, -0.15) is 0 Å². The molecule has 3 fully saturated rings. The Kier molecular flexibility index (Phi) is 5.17. The van der Waals surface area contributed by atoms with Crippen LogP contribution in [-0.4, -0.2) is 61.5 Å². The minimum absolute atomic E-state index is 0.388. The Morgan fingerprint density at radius 1 is 1.19 bits per heavy atom. The molecule has 3 aliphatic rings. The number of piperazine rings is 1. The van der Waals surface area contributed by atoms with Gasteiger partial charge in [-0.1, -0.05) is 6.92 Å². The Morgan fingerprint density at radius 3 is 2.57 bits per heavy atom. The molecule has 0 aromatic rings. The van der Waals surface area contributed by atoms with Crippen LogP contribution >= 0.6 is 0 Å². The number of carbonyl (C=O) groups is 1. The first-order valence-corrected chi connectivity index (χ1v) is 8.93. The second-order valence-electron chi connectivity index (χ2n) is 7.41. The fraction of sp³-hybridized carbons (Fsp3) is 0.941. The lowest BCUT2D eigenvalue weighted by Crippen LogP contribution is -2.49. The molecule has 0 aromatic carbocycles. The minimum atomic E-state index is 0.388. The van der Waals surface area contributed by atoms with Crippen molar-refractivity contribution in [1.29, 1.82) is 0 Å². The number of piperidine rings is 1. The highest BCUT2D eigenvalue weighted by atomic mass is 16.2. The lowest BCUT2D eigenvalue weighted by molar-refractivity contribution is -0.134. The van der Waals surface area contributed by atoms with Crippen LogP contribution in [0, 0.1) is 17.8 Å². The number of rotatable bonds is 5. The molecule has 2 saturated heterocycles. The molecule has 1 saturated carbocycles. The SMILES string of the molecule is CC(CC(=O)N1CCN(CC2CC2)CC1)C1CCCNC1. The highest BCUT2D eigenvalue weighted by Crippen LogP contribution is 2.30. The Labute approximate surface area is 129 Å². The maximum Gasteiger partial charge on any atom is 0.222 e. The summed E-state index contributed by atoms with van der Waals surface area (Å²) in [5.74, 6) is 2.57. The molecule has 1 amide bonds. The summed E-state index contributed by atoms with van der Waals surface area (Å²) in [7, 11) is 0. The Morgan fingerprint density at radius 2 is 1.95 bits per heavy atom. The standard InChI is InChI=1S/C17H31N3O/c1-14(16-3-2-6-18-12-16)11-17(21)20-9-7-19(8-10-20)13-15-4-5-15/h14-16,18H,2-13H2,1H3. The molecular weight excluding hydrogens is 262 g/mol. The fourth-order valence-electron chi connectivity index (χ4n) is 3.78. The molecule has 2 aliphatic heterocycles. The third-order valence-electron chi connectivity index (χ3n) is 5.57. The fourth-order valence-corrected chi connectivity index (χ4v) is 3.78. The van der Waals surface area contributed by atoms with E-state index in [1.54, 1.807) is 0 Å². The quantitative estimate of drug-likeness (QED) is 0.836. The van der Waals surface area contributed by atoms with Gasteiger partial charge in [0.05, 0.1) is 0 Å². The summed E-state index contributed by atoms with van der Waals surface area (Å²) >= 11 is 0. The van der Waals surface area contributed by atoms with Crippen molar-refractivity contribution in [3.8, 4) is 0 Å². The molecule has 120 valence electrons. The van der Waals surface area contributed by atoms with Crippen LogP contribution in [0.25, 0.3) is 0 Å². The first-order valence-electron chi connectivity index (χ1n) is 8.93. The average molecular weight is 293 g/mol. The number of amides is 1. The van der Waals surface area contributed by atoms with Crippen molar-refractivity contribution >= 4 is 5.91 Å². The molecule has 21 heavy (non-hydrogen) atoms. The van der Waals surface area contributed by atoms with Crippen molar-refractivity contribution in [2.75, 3.05) is 45.8 Å². The predicted molar refractivity (Wildman–Crippen MR) is 85.1 cm³/mol. The summed E-state index contributed by atoms with van der Waals surface area (Å²) in [6, 6.07) is 0. The highest BCUT2D eigenvalue weighted by molar-refractivity contribution is 5.76. The van der Waals surface area contributed by atoms with Gasteiger partial charge in [0.25, 0.3) is 0 Å². The summed E-state index contributed by atoms with van der Waals surface area (Å²) in [4.78, 5) is 17.1. The minimum Gasteiger partial charge on any atom is -0.340 e. The summed E-state index contributed by atoms with van der Waals surface area (Å²) in [6.45, 7) is 9.85. The van der Waals surface area contributed by atoms with Gasteiger partial charge in [-0.25, -0.2) is 0 Å². The zero-order chi connectivity index (χ0) is 14.7. The van der Waals surface area contributed by atoms with Crippen LogP contribution < -0.4 is 5.32 Å². The van der Waals surface area contributed by atoms with E-state index < -0.39 is 0 Å². The Bertz CT molecular complexity index is 342. The van der Waals surface area contributed by atoms with Gasteiger partial charge in [0.2, 0.25) is 5.91 Å². The van der Waals surface area contributed by atoms with Crippen molar-refractivity contribution in [2.24, 2.45) is 17.8 Å². The van der Waals surface area contributed by atoms with E-state index in [4.69, 9.17) is 0 Å². The molecule has 0 spiro atoms. The van der Waals surface area contributed by atoms with E-state index in [9.17, 15) is 4.79 Å². The summed E-state index contributed by atoms with van der Waals surface area (Å²) in [5, 5.41) is 3.47. The van der Waals surface area contributed by atoms with E-state index in [2.05, 4.69) is 22.0 Å². The first kappa shape index (κ1) is 15.3. The van der Waals surface area contributed by atoms with Crippen molar-refractivity contribution in [3.63, 3.8) is 0 Å². The third-order valence-corrected chi connectivity index (χ3v) is 5.57. The van der Waals surface area contributed by atoms with Gasteiger partial charge in [0, 0.05) is 39.1 Å². The van der Waals surface area contributed by atoms with Crippen molar-refractivity contribution in [1.82, 2.24) is 15.1 Å². The van der Waals surface area contributed by atoms with Gasteiger partial charge >= 0.3 is 0 Å². The van der Waals surface area contributed by atoms with Gasteiger partial charge in [-0.15, -0.1) is 0 Å². The Balaban J connectivity index is 1.38. The molecule has 2 unspecified atom stereocenters. The van der Waals surface area contributed by atoms with Crippen LogP contribution in [0.5, 0.6) is 0 Å². The van der Waals surface area contributed by atoms with E-state index in [-0.39, 0.29) is 0 Å². The van der Waals surface area contributed by atoms with E-state index in [0.29, 0.717) is 17.7 Å². The van der Waals surface area contributed by atoms with Crippen LogP contribution in [0.2, 0.25) is 0 Å². The number of hydrogen-bond acceptors (Lipinski definition) is 3. The maximum atomic E-state index is 12.5. The number of carbonyl (C=O) groups excluding carboxylic acids is 1. The molecule has 4 nitrogen and oxygen atoms in total. The van der Waals surface area contributed by atoms with Crippen molar-refractivity contribution in [3.05, 3.63) is 0 Å². The van der Waals surface area contributed by atoms with Crippen LogP contribution in [-0.2, 0) is 4.79 Å². The molecule has 0 radical (unpaired) electrons. The molecule has 2 atom stereocenters. The monoisotopic (exact) mass is 293 g/mol. The normalized spacial score (nSPS) is 29.4. The van der Waals surface area contributed by atoms with Crippen LogP contribution in [0.1, 0.15) is 39.0 Å². The van der Waals surface area contributed by atoms with Crippen molar-refractivity contribution in [2.45, 2.75) is 39.0 Å². The topological polar surface area (TPSA) is 35.6 Å². The molecule has 1 N–H and O–H groups in total. The first-order chi connectivity index (χ1) is 10.2. The number of hydrogen-bond donors (Lipinski definition) is 1. The largest absolute Gasteiger partial charge is 0.340 e. The summed E-state index contributed by atoms with van der Waals surface area (Å²) in [6.07, 6.45) is 6.15. The van der Waals surface area contributed by atoms with Gasteiger partial charge < -0.3 is 10.2 Å². The van der Waals surface area contributed by atoms with E-state index >= 15 is 0 Å². The number of nitrogens with zero attached hydrogens (tertiary/aromatic N) is 2. The molecule has 0 aromatic heterocycles. The molecule has 2 heterocycles. The van der Waals surface area contributed by atoms with E-state index in [1.807, 2.05) is 0 Å². The zero-order valence-electron chi connectivity index (χ0n) is 13.5. The molecule has 1 aliphatic carbocycles. The highest BCUT2D eigenvalue weighted by Gasteiger charge is 2.29. The average Bonchev–Trinajstić information content (AvgIpc) is 3.33. The second-order valence-corrected chi connectivity index (χ2v) is 7.41. The lowest BCUT2D eigenvalue weighted by Gasteiger charge is -2.36. The molecule has 4 heteroatoms. The molecule has 0 bridgehead atoms. The van der Waals surface area contributed by atoms with Crippen LogP contribution in [0.15, 0.2) is 0 Å². The predicted octanol–water partition coefficient (Wildman–Crippen LogP) is 1.57. The number of nitrogens with one attached hydrogen (secondary N) is 1. The molecular formula is C17H31N3O. The van der Waals surface area contributed by atoms with Gasteiger partial charge in [0.1, 0.15) is 0 Å². The molecule has 3 rings (SSSR count). The van der Waals surface area contributed by atoms with Crippen LogP contribution in [0.3, 0.4) is 0 Å². The van der Waals surface area contributed by atoms with Gasteiger partial charge in [-0.05, 0) is 56.5 Å². The third kappa shape index (κ3) is 4.43. The van der Waals surface area contributed by atoms with E-state index in [1.165, 1.54) is 32.2 Å². The van der Waals surface area contributed by atoms with Gasteiger partial charge in [0.15, 0.2) is 0 Å². The summed E-state index contributed by atoms with van der Waals surface area (Å²) < 4.78 is 0. The maximum absolute atomic E-state index is 12.5.